The van der Waals surface area contributed by atoms with Crippen LogP contribution in [-0.2, 0) is 0 Å². The average molecular weight is 318 g/mol. The molecule has 6 nitrogen and oxygen atoms in total. The first-order valence-electron chi connectivity index (χ1n) is 7.52. The van der Waals surface area contributed by atoms with Crippen molar-refractivity contribution in [2.45, 2.75) is 33.3 Å². The largest absolute Gasteiger partial charge is 0.463 e. The molecule has 0 saturated carbocycles. The van der Waals surface area contributed by atoms with Gasteiger partial charge in [-0.15, -0.1) is 0 Å². The summed E-state index contributed by atoms with van der Waals surface area (Å²) in [6.07, 6.45) is 1.62. The molecule has 1 atom stereocenters. The fourth-order valence-electron chi connectivity index (χ4n) is 2.51. The summed E-state index contributed by atoms with van der Waals surface area (Å²) in [5.74, 6) is 0.100. The van der Waals surface area contributed by atoms with E-state index in [1.54, 1.807) is 25.1 Å². The van der Waals surface area contributed by atoms with Crippen LogP contribution in [0, 0.1) is 5.41 Å². The molecule has 0 saturated heterocycles. The average Bonchev–Trinajstić information content (AvgIpc) is 2.97. The van der Waals surface area contributed by atoms with Crippen LogP contribution in [0.25, 0.3) is 11.5 Å². The number of aliphatic hydroxyl groups is 1. The maximum Gasteiger partial charge on any atom is 0.261 e. The van der Waals surface area contributed by atoms with Gasteiger partial charge in [0, 0.05) is 6.54 Å². The lowest BCUT2D eigenvalue weighted by Crippen LogP contribution is -2.37. The number of hydrogen-bond donors (Lipinski definition) is 3. The number of rotatable bonds is 6. The predicted molar refractivity (Wildman–Crippen MR) is 87.2 cm³/mol. The Bertz CT molecular complexity index is 714. The number of aliphatic hydroxyl groups excluding tert-OH is 1. The third-order valence-electron chi connectivity index (χ3n) is 3.52. The third-order valence-corrected chi connectivity index (χ3v) is 3.52. The standard InChI is InChI=1S/C17H22N2O4/c1-11(20)9-17(2,3)10-18-15(21)12-6-7-13(19-16(12)22)14-5-4-8-23-14/h4-8,11,20H,9-10H2,1-3H3,(H,18,21)(H,19,22). The number of amides is 1. The van der Waals surface area contributed by atoms with Crippen LogP contribution < -0.4 is 10.9 Å². The lowest BCUT2D eigenvalue weighted by molar-refractivity contribution is 0.0900. The number of aromatic nitrogens is 1. The van der Waals surface area contributed by atoms with Crippen LogP contribution in [0.15, 0.2) is 39.7 Å². The molecule has 0 bridgehead atoms. The van der Waals surface area contributed by atoms with Gasteiger partial charge in [-0.3, -0.25) is 9.59 Å². The molecule has 2 rings (SSSR count). The molecule has 0 aliphatic rings. The number of carbonyl (C=O) groups excluding carboxylic acids is 1. The molecule has 0 aliphatic carbocycles. The normalized spacial score (nSPS) is 12.9. The maximum atomic E-state index is 12.2. The monoisotopic (exact) mass is 318 g/mol. The van der Waals surface area contributed by atoms with Crippen LogP contribution in [0.5, 0.6) is 0 Å². The summed E-state index contributed by atoms with van der Waals surface area (Å²) >= 11 is 0. The van der Waals surface area contributed by atoms with Gasteiger partial charge in [-0.05, 0) is 43.0 Å². The van der Waals surface area contributed by atoms with Crippen molar-refractivity contribution in [3.63, 3.8) is 0 Å². The predicted octanol–water partition coefficient (Wildman–Crippen LogP) is 2.16. The van der Waals surface area contributed by atoms with Gasteiger partial charge in [-0.2, -0.15) is 0 Å². The second-order valence-electron chi connectivity index (χ2n) is 6.49. The first kappa shape index (κ1) is 17.0. The highest BCUT2D eigenvalue weighted by Gasteiger charge is 2.22. The lowest BCUT2D eigenvalue weighted by atomic mass is 9.87. The van der Waals surface area contributed by atoms with E-state index in [1.165, 1.54) is 12.3 Å². The number of carbonyl (C=O) groups is 1. The molecule has 1 unspecified atom stereocenters. The first-order chi connectivity index (χ1) is 10.8. The van der Waals surface area contributed by atoms with Gasteiger partial charge in [0.1, 0.15) is 11.3 Å². The maximum absolute atomic E-state index is 12.2. The van der Waals surface area contributed by atoms with E-state index in [2.05, 4.69) is 10.3 Å². The Balaban J connectivity index is 2.07. The van der Waals surface area contributed by atoms with Gasteiger partial charge >= 0.3 is 0 Å². The van der Waals surface area contributed by atoms with Crippen LogP contribution in [0.1, 0.15) is 37.6 Å². The van der Waals surface area contributed by atoms with Gasteiger partial charge in [-0.1, -0.05) is 13.8 Å². The van der Waals surface area contributed by atoms with E-state index in [0.717, 1.165) is 0 Å². The van der Waals surface area contributed by atoms with Gasteiger partial charge < -0.3 is 19.8 Å². The summed E-state index contributed by atoms with van der Waals surface area (Å²) in [4.78, 5) is 26.9. The van der Waals surface area contributed by atoms with E-state index in [-0.39, 0.29) is 11.0 Å². The Kier molecular flexibility index (Phi) is 5.05. The molecule has 0 aliphatic heterocycles. The zero-order valence-corrected chi connectivity index (χ0v) is 13.6. The fraction of sp³-hybridized carbons (Fsp3) is 0.412. The topological polar surface area (TPSA) is 95.3 Å². The molecular formula is C17H22N2O4. The molecule has 23 heavy (non-hydrogen) atoms. The molecule has 2 aromatic heterocycles. The van der Waals surface area contributed by atoms with Crippen molar-refractivity contribution in [3.05, 3.63) is 46.4 Å². The summed E-state index contributed by atoms with van der Waals surface area (Å²) in [7, 11) is 0. The number of pyridine rings is 1. The van der Waals surface area contributed by atoms with Gasteiger partial charge in [0.2, 0.25) is 0 Å². The van der Waals surface area contributed by atoms with E-state index in [4.69, 9.17) is 4.42 Å². The van der Waals surface area contributed by atoms with Gasteiger partial charge in [-0.25, -0.2) is 0 Å². The van der Waals surface area contributed by atoms with Crippen molar-refractivity contribution >= 4 is 5.91 Å². The summed E-state index contributed by atoms with van der Waals surface area (Å²) in [5, 5.41) is 12.2. The van der Waals surface area contributed by atoms with E-state index in [9.17, 15) is 14.7 Å². The number of H-pyrrole nitrogens is 1. The zero-order valence-electron chi connectivity index (χ0n) is 13.6. The smallest absolute Gasteiger partial charge is 0.261 e. The molecule has 0 fully saturated rings. The molecular weight excluding hydrogens is 296 g/mol. The van der Waals surface area contributed by atoms with E-state index in [0.29, 0.717) is 24.4 Å². The highest BCUT2D eigenvalue weighted by atomic mass is 16.3. The van der Waals surface area contributed by atoms with Crippen LogP contribution in [0.4, 0.5) is 0 Å². The highest BCUT2D eigenvalue weighted by Crippen LogP contribution is 2.21. The number of aromatic amines is 1. The molecule has 2 aromatic rings. The second-order valence-corrected chi connectivity index (χ2v) is 6.49. The van der Waals surface area contributed by atoms with Crippen molar-refractivity contribution in [2.75, 3.05) is 6.54 Å². The first-order valence-corrected chi connectivity index (χ1v) is 7.52. The van der Waals surface area contributed by atoms with Crippen molar-refractivity contribution in [3.8, 4) is 11.5 Å². The molecule has 124 valence electrons. The second kappa shape index (κ2) is 6.83. The number of furan rings is 1. The highest BCUT2D eigenvalue weighted by molar-refractivity contribution is 5.94. The van der Waals surface area contributed by atoms with E-state index >= 15 is 0 Å². The Labute approximate surface area is 134 Å². The quantitative estimate of drug-likeness (QED) is 0.760. The van der Waals surface area contributed by atoms with Crippen LogP contribution in [0.2, 0.25) is 0 Å². The summed E-state index contributed by atoms with van der Waals surface area (Å²) in [5.41, 5.74) is -0.158. The van der Waals surface area contributed by atoms with E-state index in [1.807, 2.05) is 13.8 Å². The minimum absolute atomic E-state index is 0.0492. The van der Waals surface area contributed by atoms with Crippen LogP contribution in [0.3, 0.4) is 0 Å². The minimum atomic E-state index is -0.468. The molecule has 6 heteroatoms. The molecule has 3 N–H and O–H groups in total. The Morgan fingerprint density at radius 3 is 2.70 bits per heavy atom. The van der Waals surface area contributed by atoms with Crippen LogP contribution in [-0.4, -0.2) is 28.6 Å². The lowest BCUT2D eigenvalue weighted by Gasteiger charge is -2.26. The molecule has 0 radical (unpaired) electrons. The SMILES string of the molecule is CC(O)CC(C)(C)CNC(=O)c1ccc(-c2ccco2)[nH]c1=O. The Morgan fingerprint density at radius 1 is 1.39 bits per heavy atom. The van der Waals surface area contributed by atoms with Crippen molar-refractivity contribution in [2.24, 2.45) is 5.41 Å². The minimum Gasteiger partial charge on any atom is -0.463 e. The van der Waals surface area contributed by atoms with Crippen molar-refractivity contribution < 1.29 is 14.3 Å². The Morgan fingerprint density at radius 2 is 2.13 bits per heavy atom. The summed E-state index contributed by atoms with van der Waals surface area (Å²) < 4.78 is 5.21. The van der Waals surface area contributed by atoms with Gasteiger partial charge in [0.25, 0.3) is 11.5 Å². The van der Waals surface area contributed by atoms with Crippen LogP contribution >= 0.6 is 0 Å². The number of nitrogens with one attached hydrogen (secondary N) is 2. The molecule has 0 spiro atoms. The summed E-state index contributed by atoms with van der Waals surface area (Å²) in [6.45, 7) is 5.98. The fourth-order valence-corrected chi connectivity index (χ4v) is 2.51. The van der Waals surface area contributed by atoms with E-state index < -0.39 is 17.6 Å². The molecule has 2 heterocycles. The Hall–Kier alpha value is -2.34. The number of hydrogen-bond acceptors (Lipinski definition) is 4. The third kappa shape index (κ3) is 4.56. The van der Waals surface area contributed by atoms with Gasteiger partial charge in [0.15, 0.2) is 0 Å². The summed E-state index contributed by atoms with van der Waals surface area (Å²) in [6, 6.07) is 6.56. The zero-order chi connectivity index (χ0) is 17.0. The van der Waals surface area contributed by atoms with Crippen molar-refractivity contribution in [1.82, 2.24) is 10.3 Å². The van der Waals surface area contributed by atoms with Crippen molar-refractivity contribution in [1.29, 1.82) is 0 Å². The van der Waals surface area contributed by atoms with Gasteiger partial charge in [0.05, 0.1) is 18.1 Å². The molecule has 1 amide bonds. The molecule has 0 aromatic carbocycles.